The molecular weight excluding hydrogens is 258 g/mol. The van der Waals surface area contributed by atoms with Gasteiger partial charge in [-0.1, -0.05) is 30.3 Å². The van der Waals surface area contributed by atoms with E-state index in [-0.39, 0.29) is 0 Å². The molecule has 0 bridgehead atoms. The zero-order valence-corrected chi connectivity index (χ0v) is 12.6. The summed E-state index contributed by atoms with van der Waals surface area (Å²) in [7, 11) is 2.00. The van der Waals surface area contributed by atoms with Gasteiger partial charge in [-0.05, 0) is 50.2 Å². The summed E-state index contributed by atoms with van der Waals surface area (Å²) in [5.74, 6) is 0. The van der Waals surface area contributed by atoms with Gasteiger partial charge in [-0.15, -0.1) is 0 Å². The first-order chi connectivity index (χ1) is 10.3. The molecule has 3 heteroatoms. The van der Waals surface area contributed by atoms with Crippen molar-refractivity contribution in [2.45, 2.75) is 19.4 Å². The molecule has 3 nitrogen and oxygen atoms in total. The Morgan fingerprint density at radius 3 is 2.71 bits per heavy atom. The van der Waals surface area contributed by atoms with Gasteiger partial charge in [0, 0.05) is 12.4 Å². The average molecular weight is 279 g/mol. The van der Waals surface area contributed by atoms with Crippen molar-refractivity contribution in [2.75, 3.05) is 13.6 Å². The van der Waals surface area contributed by atoms with Crippen LogP contribution in [0.1, 0.15) is 23.6 Å². The van der Waals surface area contributed by atoms with Crippen molar-refractivity contribution in [3.05, 3.63) is 66.0 Å². The second-order valence-electron chi connectivity index (χ2n) is 5.40. The number of nitrogens with zero attached hydrogens (tertiary/aromatic N) is 2. The number of aryl methyl sites for hydroxylation is 1. The molecular formula is C18H21N3. The van der Waals surface area contributed by atoms with Gasteiger partial charge in [0.1, 0.15) is 0 Å². The summed E-state index contributed by atoms with van der Waals surface area (Å²) in [4.78, 5) is 4.48. The summed E-state index contributed by atoms with van der Waals surface area (Å²) in [5, 5.41) is 3.26. The third kappa shape index (κ3) is 2.69. The molecule has 0 saturated heterocycles. The predicted molar refractivity (Wildman–Crippen MR) is 87.6 cm³/mol. The van der Waals surface area contributed by atoms with Crippen LogP contribution in [0, 0.1) is 6.92 Å². The van der Waals surface area contributed by atoms with Crippen LogP contribution >= 0.6 is 0 Å². The monoisotopic (exact) mass is 279 g/mol. The lowest BCUT2D eigenvalue weighted by atomic mass is 10.0. The number of rotatable bonds is 5. The highest BCUT2D eigenvalue weighted by atomic mass is 15.0. The normalized spacial score (nSPS) is 12.7. The smallest absolute Gasteiger partial charge is 0.0883 e. The molecule has 3 aromatic rings. The van der Waals surface area contributed by atoms with Crippen molar-refractivity contribution in [3.8, 4) is 0 Å². The van der Waals surface area contributed by atoms with E-state index in [0.717, 1.165) is 18.5 Å². The van der Waals surface area contributed by atoms with Gasteiger partial charge in [-0.3, -0.25) is 4.98 Å². The maximum absolute atomic E-state index is 4.48. The lowest BCUT2D eigenvalue weighted by Crippen LogP contribution is -2.17. The summed E-state index contributed by atoms with van der Waals surface area (Å²) in [6.45, 7) is 3.14. The van der Waals surface area contributed by atoms with Gasteiger partial charge in [0.25, 0.3) is 0 Å². The van der Waals surface area contributed by atoms with Gasteiger partial charge in [0.05, 0.1) is 17.1 Å². The quantitative estimate of drug-likeness (QED) is 0.774. The maximum Gasteiger partial charge on any atom is 0.0883 e. The van der Waals surface area contributed by atoms with Crippen LogP contribution in [0.5, 0.6) is 0 Å². The highest BCUT2D eigenvalue weighted by Gasteiger charge is 2.16. The Labute approximate surface area is 125 Å². The SMILES string of the molecule is CNCCC(c1ccccc1)n1ccc2nccc(C)c21. The summed E-state index contributed by atoms with van der Waals surface area (Å²) >= 11 is 0. The van der Waals surface area contributed by atoms with Crippen molar-refractivity contribution in [1.82, 2.24) is 14.9 Å². The minimum Gasteiger partial charge on any atom is -0.338 e. The number of pyridine rings is 1. The first-order valence-corrected chi connectivity index (χ1v) is 7.43. The summed E-state index contributed by atoms with van der Waals surface area (Å²) in [6.07, 6.45) is 5.10. The van der Waals surface area contributed by atoms with E-state index in [1.54, 1.807) is 0 Å². The lowest BCUT2D eigenvalue weighted by molar-refractivity contribution is 0.539. The van der Waals surface area contributed by atoms with Crippen LogP contribution in [-0.4, -0.2) is 23.1 Å². The highest BCUT2D eigenvalue weighted by Crippen LogP contribution is 2.28. The van der Waals surface area contributed by atoms with E-state index in [1.165, 1.54) is 16.6 Å². The molecule has 0 amide bonds. The molecule has 1 atom stereocenters. The van der Waals surface area contributed by atoms with Gasteiger partial charge < -0.3 is 9.88 Å². The number of benzene rings is 1. The van der Waals surface area contributed by atoms with Crippen LogP contribution in [-0.2, 0) is 0 Å². The van der Waals surface area contributed by atoms with E-state index in [1.807, 2.05) is 13.2 Å². The summed E-state index contributed by atoms with van der Waals surface area (Å²) in [6, 6.07) is 15.2. The van der Waals surface area contributed by atoms with Crippen LogP contribution in [0.2, 0.25) is 0 Å². The van der Waals surface area contributed by atoms with Crippen molar-refractivity contribution in [1.29, 1.82) is 0 Å². The van der Waals surface area contributed by atoms with E-state index in [4.69, 9.17) is 0 Å². The first-order valence-electron chi connectivity index (χ1n) is 7.43. The first kappa shape index (κ1) is 13.8. The number of hydrogen-bond donors (Lipinski definition) is 1. The standard InChI is InChI=1S/C18H21N3/c1-14-8-12-20-16-10-13-21(18(14)16)17(9-11-19-2)15-6-4-3-5-7-15/h3-8,10,12-13,17,19H,9,11H2,1-2H3. The minimum atomic E-state index is 0.332. The molecule has 0 radical (unpaired) electrons. The minimum absolute atomic E-state index is 0.332. The summed E-state index contributed by atoms with van der Waals surface area (Å²) in [5.41, 5.74) is 4.92. The molecule has 0 aliphatic rings. The Morgan fingerprint density at radius 1 is 1.14 bits per heavy atom. The van der Waals surface area contributed by atoms with E-state index < -0.39 is 0 Å². The molecule has 0 fully saturated rings. The van der Waals surface area contributed by atoms with Gasteiger partial charge in [-0.25, -0.2) is 0 Å². The third-order valence-electron chi connectivity index (χ3n) is 3.99. The molecule has 108 valence electrons. The fourth-order valence-electron chi connectivity index (χ4n) is 2.94. The Bertz CT molecular complexity index is 716. The van der Waals surface area contributed by atoms with Crippen LogP contribution in [0.4, 0.5) is 0 Å². The number of fused-ring (bicyclic) bond motifs is 1. The fourth-order valence-corrected chi connectivity index (χ4v) is 2.94. The van der Waals surface area contributed by atoms with E-state index in [0.29, 0.717) is 6.04 Å². The zero-order chi connectivity index (χ0) is 14.7. The van der Waals surface area contributed by atoms with Crippen LogP contribution in [0.25, 0.3) is 11.0 Å². The van der Waals surface area contributed by atoms with E-state index in [2.05, 4.69) is 70.5 Å². The average Bonchev–Trinajstić information content (AvgIpc) is 2.94. The predicted octanol–water partition coefficient (Wildman–Crippen LogP) is 3.54. The van der Waals surface area contributed by atoms with Gasteiger partial charge in [-0.2, -0.15) is 0 Å². The molecule has 1 aromatic carbocycles. The topological polar surface area (TPSA) is 29.9 Å². The second-order valence-corrected chi connectivity index (χ2v) is 5.40. The molecule has 1 unspecified atom stereocenters. The van der Waals surface area contributed by atoms with Gasteiger partial charge >= 0.3 is 0 Å². The fraction of sp³-hybridized carbons (Fsp3) is 0.278. The Kier molecular flexibility index (Phi) is 4.02. The maximum atomic E-state index is 4.48. The molecule has 0 aliphatic heterocycles. The third-order valence-corrected chi connectivity index (χ3v) is 3.99. The largest absolute Gasteiger partial charge is 0.338 e. The highest BCUT2D eigenvalue weighted by molar-refractivity contribution is 5.79. The molecule has 0 saturated carbocycles. The van der Waals surface area contributed by atoms with Crippen LogP contribution < -0.4 is 5.32 Å². The molecule has 1 N–H and O–H groups in total. The molecule has 2 heterocycles. The number of aromatic nitrogens is 2. The lowest BCUT2D eigenvalue weighted by Gasteiger charge is -2.21. The molecule has 3 rings (SSSR count). The van der Waals surface area contributed by atoms with E-state index in [9.17, 15) is 0 Å². The second kappa shape index (κ2) is 6.10. The van der Waals surface area contributed by atoms with Crippen molar-refractivity contribution in [2.24, 2.45) is 0 Å². The molecule has 0 aliphatic carbocycles. The number of nitrogens with one attached hydrogen (secondary N) is 1. The van der Waals surface area contributed by atoms with Crippen LogP contribution in [0.3, 0.4) is 0 Å². The van der Waals surface area contributed by atoms with E-state index >= 15 is 0 Å². The van der Waals surface area contributed by atoms with Gasteiger partial charge in [0.2, 0.25) is 0 Å². The zero-order valence-electron chi connectivity index (χ0n) is 12.6. The Morgan fingerprint density at radius 2 is 1.95 bits per heavy atom. The van der Waals surface area contributed by atoms with Crippen molar-refractivity contribution >= 4 is 11.0 Å². The van der Waals surface area contributed by atoms with Crippen LogP contribution in [0.15, 0.2) is 54.9 Å². The molecule has 2 aromatic heterocycles. The van der Waals surface area contributed by atoms with Crippen molar-refractivity contribution in [3.63, 3.8) is 0 Å². The molecule has 0 spiro atoms. The number of hydrogen-bond acceptors (Lipinski definition) is 2. The van der Waals surface area contributed by atoms with Gasteiger partial charge in [0.15, 0.2) is 0 Å². The Hall–Kier alpha value is -2.13. The van der Waals surface area contributed by atoms with Crippen molar-refractivity contribution < 1.29 is 0 Å². The summed E-state index contributed by atoms with van der Waals surface area (Å²) < 4.78 is 2.37. The molecule has 21 heavy (non-hydrogen) atoms. The Balaban J connectivity index is 2.10.